The number of sulfonamides is 1. The highest BCUT2D eigenvalue weighted by atomic mass is 32.2. The number of hydrogen-bond acceptors (Lipinski definition) is 4. The second-order valence-electron chi connectivity index (χ2n) is 5.52. The van der Waals surface area contributed by atoms with Gasteiger partial charge in [-0.3, -0.25) is 0 Å². The molecule has 5 nitrogen and oxygen atoms in total. The minimum atomic E-state index is -4.44. The van der Waals surface area contributed by atoms with Crippen LogP contribution in [0.3, 0.4) is 0 Å². The van der Waals surface area contributed by atoms with Gasteiger partial charge in [0.25, 0.3) is 0 Å². The average molecular weight is 379 g/mol. The summed E-state index contributed by atoms with van der Waals surface area (Å²) in [5.41, 5.74) is 1.23. The van der Waals surface area contributed by atoms with E-state index in [1.807, 2.05) is 4.72 Å². The lowest BCUT2D eigenvalue weighted by Crippen LogP contribution is -2.30. The Balaban J connectivity index is 1.71. The van der Waals surface area contributed by atoms with Gasteiger partial charge in [0, 0.05) is 12.1 Å². The first-order chi connectivity index (χ1) is 12.4. The zero-order valence-electron chi connectivity index (χ0n) is 13.4. The molecule has 3 aromatic rings. The maximum Gasteiger partial charge on any atom is 0.246 e. The molecule has 8 heteroatoms. The Kier molecular flexibility index (Phi) is 5.17. The Morgan fingerprint density at radius 2 is 1.65 bits per heavy atom. The number of furan rings is 1. The standard InChI is InChI=1S/C18H15F2NO4S/c19-14-3-1-4-15(20)18(14)26(23,24)21-11-16(22)12-6-8-13(9-7-12)17-5-2-10-25-17/h1-10,16,21-22H,11H2/t16-/m0/s1. The molecule has 2 N–H and O–H groups in total. The van der Waals surface area contributed by atoms with Crippen molar-refractivity contribution < 1.29 is 26.7 Å². The summed E-state index contributed by atoms with van der Waals surface area (Å²) < 4.78 is 58.8. The SMILES string of the molecule is O=S(=O)(NC[C@H](O)c1ccc(-c2ccco2)cc1)c1c(F)cccc1F. The molecule has 2 aromatic carbocycles. The maximum atomic E-state index is 13.6. The van der Waals surface area contributed by atoms with E-state index < -0.39 is 39.2 Å². The predicted octanol–water partition coefficient (Wildman–Crippen LogP) is 3.24. The van der Waals surface area contributed by atoms with Gasteiger partial charge in [0.2, 0.25) is 10.0 Å². The van der Waals surface area contributed by atoms with Gasteiger partial charge in [0.1, 0.15) is 17.4 Å². The second kappa shape index (κ2) is 7.36. The second-order valence-corrected chi connectivity index (χ2v) is 7.22. The van der Waals surface area contributed by atoms with Crippen molar-refractivity contribution in [2.24, 2.45) is 0 Å². The van der Waals surface area contributed by atoms with Gasteiger partial charge >= 0.3 is 0 Å². The first-order valence-corrected chi connectivity index (χ1v) is 9.12. The smallest absolute Gasteiger partial charge is 0.246 e. The van der Waals surface area contributed by atoms with E-state index in [9.17, 15) is 22.3 Å². The van der Waals surface area contributed by atoms with Crippen molar-refractivity contribution >= 4 is 10.0 Å². The summed E-state index contributed by atoms with van der Waals surface area (Å²) in [5.74, 6) is -1.74. The minimum absolute atomic E-state index is 0.434. The Bertz CT molecular complexity index is 966. The molecule has 3 rings (SSSR count). The van der Waals surface area contributed by atoms with Gasteiger partial charge in [-0.2, -0.15) is 0 Å². The van der Waals surface area contributed by atoms with Crippen LogP contribution in [0.25, 0.3) is 11.3 Å². The third-order valence-corrected chi connectivity index (χ3v) is 5.23. The summed E-state index contributed by atoms with van der Waals surface area (Å²) in [4.78, 5) is -1.07. The molecule has 0 aliphatic rings. The molecular formula is C18H15F2NO4S. The van der Waals surface area contributed by atoms with Crippen molar-refractivity contribution in [2.75, 3.05) is 6.54 Å². The normalized spacial score (nSPS) is 12.9. The Morgan fingerprint density at radius 3 is 2.23 bits per heavy atom. The van der Waals surface area contributed by atoms with Crippen molar-refractivity contribution in [3.8, 4) is 11.3 Å². The van der Waals surface area contributed by atoms with Crippen LogP contribution < -0.4 is 4.72 Å². The molecule has 0 bridgehead atoms. The van der Waals surface area contributed by atoms with Crippen molar-refractivity contribution in [3.05, 3.63) is 78.1 Å². The number of aliphatic hydroxyl groups is 1. The van der Waals surface area contributed by atoms with E-state index in [0.717, 1.165) is 23.8 Å². The van der Waals surface area contributed by atoms with Crippen LogP contribution in [-0.2, 0) is 10.0 Å². The summed E-state index contributed by atoms with van der Waals surface area (Å²) in [6.07, 6.45) is 0.347. The van der Waals surface area contributed by atoms with E-state index in [0.29, 0.717) is 11.3 Å². The molecule has 136 valence electrons. The molecule has 0 spiro atoms. The van der Waals surface area contributed by atoms with Crippen LogP contribution in [0, 0.1) is 11.6 Å². The van der Waals surface area contributed by atoms with E-state index in [-0.39, 0.29) is 0 Å². The first-order valence-electron chi connectivity index (χ1n) is 7.64. The Hall–Kier alpha value is -2.55. The molecule has 1 heterocycles. The molecule has 0 fully saturated rings. The zero-order valence-corrected chi connectivity index (χ0v) is 14.2. The summed E-state index contributed by atoms with van der Waals surface area (Å²) in [6, 6.07) is 12.9. The van der Waals surface area contributed by atoms with Crippen molar-refractivity contribution in [3.63, 3.8) is 0 Å². The predicted molar refractivity (Wildman–Crippen MR) is 90.7 cm³/mol. The molecule has 1 aromatic heterocycles. The highest BCUT2D eigenvalue weighted by Crippen LogP contribution is 2.23. The van der Waals surface area contributed by atoms with Crippen LogP contribution in [0.4, 0.5) is 8.78 Å². The fraction of sp³-hybridized carbons (Fsp3) is 0.111. The summed E-state index contributed by atoms with van der Waals surface area (Å²) in [5, 5.41) is 10.2. The lowest BCUT2D eigenvalue weighted by molar-refractivity contribution is 0.182. The van der Waals surface area contributed by atoms with Gasteiger partial charge < -0.3 is 9.52 Å². The van der Waals surface area contributed by atoms with Crippen LogP contribution in [0.1, 0.15) is 11.7 Å². The summed E-state index contributed by atoms with van der Waals surface area (Å²) in [7, 11) is -4.44. The highest BCUT2D eigenvalue weighted by Gasteiger charge is 2.24. The molecule has 1 atom stereocenters. The number of rotatable bonds is 6. The van der Waals surface area contributed by atoms with Crippen LogP contribution in [0.5, 0.6) is 0 Å². The topological polar surface area (TPSA) is 79.5 Å². The third kappa shape index (κ3) is 3.82. The molecular weight excluding hydrogens is 364 g/mol. The number of halogens is 2. The Labute approximate surface area is 149 Å². The molecule has 0 saturated carbocycles. The maximum absolute atomic E-state index is 13.6. The lowest BCUT2D eigenvalue weighted by atomic mass is 10.1. The van der Waals surface area contributed by atoms with Crippen molar-refractivity contribution in [1.29, 1.82) is 0 Å². The zero-order chi connectivity index (χ0) is 18.7. The number of aliphatic hydroxyl groups excluding tert-OH is 1. The molecule has 0 amide bonds. The lowest BCUT2D eigenvalue weighted by Gasteiger charge is -2.13. The van der Waals surface area contributed by atoms with E-state index >= 15 is 0 Å². The number of nitrogens with one attached hydrogen (secondary N) is 1. The summed E-state index contributed by atoms with van der Waals surface area (Å²) >= 11 is 0. The quantitative estimate of drug-likeness (QED) is 0.689. The molecule has 0 aliphatic heterocycles. The van der Waals surface area contributed by atoms with Crippen LogP contribution >= 0.6 is 0 Å². The van der Waals surface area contributed by atoms with Crippen LogP contribution in [-0.4, -0.2) is 20.1 Å². The first kappa shape index (κ1) is 18.2. The monoisotopic (exact) mass is 379 g/mol. The molecule has 0 aliphatic carbocycles. The molecule has 0 unspecified atom stereocenters. The van der Waals surface area contributed by atoms with E-state index in [2.05, 4.69) is 0 Å². The minimum Gasteiger partial charge on any atom is -0.464 e. The van der Waals surface area contributed by atoms with E-state index in [1.54, 1.807) is 36.4 Å². The van der Waals surface area contributed by atoms with E-state index in [4.69, 9.17) is 4.42 Å². The van der Waals surface area contributed by atoms with Gasteiger partial charge in [-0.15, -0.1) is 0 Å². The van der Waals surface area contributed by atoms with Gasteiger partial charge in [-0.25, -0.2) is 21.9 Å². The van der Waals surface area contributed by atoms with Crippen LogP contribution in [0.15, 0.2) is 70.2 Å². The Morgan fingerprint density at radius 1 is 1.00 bits per heavy atom. The molecule has 0 saturated heterocycles. The largest absolute Gasteiger partial charge is 0.464 e. The van der Waals surface area contributed by atoms with Crippen molar-refractivity contribution in [1.82, 2.24) is 4.72 Å². The fourth-order valence-corrected chi connectivity index (χ4v) is 3.60. The van der Waals surface area contributed by atoms with Gasteiger partial charge in [0.05, 0.1) is 12.4 Å². The molecule has 0 radical (unpaired) electrons. The van der Waals surface area contributed by atoms with Gasteiger partial charge in [-0.05, 0) is 29.8 Å². The van der Waals surface area contributed by atoms with Crippen molar-refractivity contribution in [2.45, 2.75) is 11.0 Å². The van der Waals surface area contributed by atoms with E-state index in [1.165, 1.54) is 6.26 Å². The third-order valence-electron chi connectivity index (χ3n) is 3.76. The highest BCUT2D eigenvalue weighted by molar-refractivity contribution is 7.89. The fourth-order valence-electron chi connectivity index (χ4n) is 2.43. The summed E-state index contributed by atoms with van der Waals surface area (Å²) in [6.45, 7) is -0.434. The van der Waals surface area contributed by atoms with Gasteiger partial charge in [0.15, 0.2) is 4.90 Å². The average Bonchev–Trinajstić information content (AvgIpc) is 3.14. The molecule has 26 heavy (non-hydrogen) atoms. The number of hydrogen-bond donors (Lipinski definition) is 2. The van der Waals surface area contributed by atoms with Gasteiger partial charge in [-0.1, -0.05) is 30.3 Å². The van der Waals surface area contributed by atoms with Crippen LogP contribution in [0.2, 0.25) is 0 Å². The number of benzene rings is 2.